The molecule has 2 nitrogen and oxygen atoms in total. The number of nitrogens with zero attached hydrogens (tertiary/aromatic N) is 1. The lowest BCUT2D eigenvalue weighted by molar-refractivity contribution is 0.551. The maximum Gasteiger partial charge on any atom is 0.0642 e. The van der Waals surface area contributed by atoms with E-state index in [-0.39, 0.29) is 0 Å². The third-order valence-corrected chi connectivity index (χ3v) is 3.26. The standard InChI is InChI=1S/C16H27ClN2/c1-12(2)9-18-10-14-7-6-8-15(17)16(14)19(5)11-13(3)4/h6-8,12-13,18H,9-11H2,1-5H3. The number of hydrogen-bond donors (Lipinski definition) is 1. The zero-order valence-electron chi connectivity index (χ0n) is 12.8. The quantitative estimate of drug-likeness (QED) is 0.807. The first kappa shape index (κ1) is 16.3. The first-order valence-corrected chi connectivity index (χ1v) is 7.48. The Morgan fingerprint density at radius 2 is 1.84 bits per heavy atom. The molecule has 0 atom stereocenters. The van der Waals surface area contributed by atoms with Crippen LogP contribution in [0.5, 0.6) is 0 Å². The summed E-state index contributed by atoms with van der Waals surface area (Å²) in [7, 11) is 2.12. The summed E-state index contributed by atoms with van der Waals surface area (Å²) in [6.07, 6.45) is 0. The minimum absolute atomic E-state index is 0.623. The van der Waals surface area contributed by atoms with Gasteiger partial charge in [0.15, 0.2) is 0 Å². The molecule has 3 heteroatoms. The highest BCUT2D eigenvalue weighted by atomic mass is 35.5. The smallest absolute Gasteiger partial charge is 0.0642 e. The molecule has 0 saturated heterocycles. The fourth-order valence-corrected chi connectivity index (χ4v) is 2.60. The van der Waals surface area contributed by atoms with Crippen LogP contribution in [0, 0.1) is 11.8 Å². The normalized spacial score (nSPS) is 11.4. The topological polar surface area (TPSA) is 15.3 Å². The summed E-state index contributed by atoms with van der Waals surface area (Å²) in [6, 6.07) is 6.16. The number of hydrogen-bond acceptors (Lipinski definition) is 2. The second-order valence-electron chi connectivity index (χ2n) is 6.05. The van der Waals surface area contributed by atoms with Gasteiger partial charge in [0.2, 0.25) is 0 Å². The lowest BCUT2D eigenvalue weighted by Gasteiger charge is -2.25. The van der Waals surface area contributed by atoms with Gasteiger partial charge in [0, 0.05) is 20.1 Å². The third-order valence-electron chi connectivity index (χ3n) is 2.96. The molecule has 1 aromatic carbocycles. The summed E-state index contributed by atoms with van der Waals surface area (Å²) in [5, 5.41) is 4.33. The van der Waals surface area contributed by atoms with Gasteiger partial charge in [-0.3, -0.25) is 0 Å². The van der Waals surface area contributed by atoms with E-state index in [9.17, 15) is 0 Å². The van der Waals surface area contributed by atoms with Crippen LogP contribution in [-0.2, 0) is 6.54 Å². The van der Waals surface area contributed by atoms with E-state index in [0.29, 0.717) is 11.8 Å². The monoisotopic (exact) mass is 282 g/mol. The predicted octanol–water partition coefficient (Wildman–Crippen LogP) is 4.18. The van der Waals surface area contributed by atoms with Crippen molar-refractivity contribution in [2.24, 2.45) is 11.8 Å². The largest absolute Gasteiger partial charge is 0.373 e. The molecule has 0 aliphatic heterocycles. The molecule has 0 saturated carbocycles. The van der Waals surface area contributed by atoms with Crippen molar-refractivity contribution in [1.82, 2.24) is 5.32 Å². The molecule has 19 heavy (non-hydrogen) atoms. The molecule has 0 unspecified atom stereocenters. The van der Waals surface area contributed by atoms with Crippen LogP contribution in [0.2, 0.25) is 5.02 Å². The Bertz CT molecular complexity index is 388. The highest BCUT2D eigenvalue weighted by Crippen LogP contribution is 2.29. The molecule has 1 rings (SSSR count). The first-order chi connectivity index (χ1) is 8.91. The first-order valence-electron chi connectivity index (χ1n) is 7.11. The Morgan fingerprint density at radius 3 is 2.42 bits per heavy atom. The van der Waals surface area contributed by atoms with Crippen molar-refractivity contribution in [2.75, 3.05) is 25.0 Å². The molecule has 0 aliphatic rings. The number of anilines is 1. The van der Waals surface area contributed by atoms with Crippen molar-refractivity contribution in [3.05, 3.63) is 28.8 Å². The van der Waals surface area contributed by atoms with Gasteiger partial charge >= 0.3 is 0 Å². The minimum atomic E-state index is 0.623. The number of rotatable bonds is 7. The molecular formula is C16H27ClN2. The molecular weight excluding hydrogens is 256 g/mol. The van der Waals surface area contributed by atoms with Crippen LogP contribution < -0.4 is 10.2 Å². The van der Waals surface area contributed by atoms with Crippen LogP contribution >= 0.6 is 11.6 Å². The van der Waals surface area contributed by atoms with Crippen molar-refractivity contribution in [3.8, 4) is 0 Å². The van der Waals surface area contributed by atoms with Gasteiger partial charge in [-0.05, 0) is 30.0 Å². The predicted molar refractivity (Wildman–Crippen MR) is 86.1 cm³/mol. The summed E-state index contributed by atoms with van der Waals surface area (Å²) in [6.45, 7) is 11.8. The van der Waals surface area contributed by atoms with Crippen LogP contribution in [0.3, 0.4) is 0 Å². The van der Waals surface area contributed by atoms with E-state index in [4.69, 9.17) is 11.6 Å². The zero-order valence-corrected chi connectivity index (χ0v) is 13.6. The summed E-state index contributed by atoms with van der Waals surface area (Å²) < 4.78 is 0. The Kier molecular flexibility index (Phi) is 6.67. The molecule has 0 spiro atoms. The van der Waals surface area contributed by atoms with Gasteiger partial charge in [0.05, 0.1) is 10.7 Å². The van der Waals surface area contributed by atoms with Crippen LogP contribution in [0.1, 0.15) is 33.3 Å². The molecule has 0 radical (unpaired) electrons. The van der Waals surface area contributed by atoms with E-state index in [1.807, 2.05) is 12.1 Å². The van der Waals surface area contributed by atoms with Gasteiger partial charge < -0.3 is 10.2 Å². The molecule has 1 N–H and O–H groups in total. The van der Waals surface area contributed by atoms with Gasteiger partial charge in [-0.2, -0.15) is 0 Å². The van der Waals surface area contributed by atoms with Crippen molar-refractivity contribution in [3.63, 3.8) is 0 Å². The summed E-state index contributed by atoms with van der Waals surface area (Å²) in [5.41, 5.74) is 2.44. The van der Waals surface area contributed by atoms with Gasteiger partial charge in [0.25, 0.3) is 0 Å². The second-order valence-corrected chi connectivity index (χ2v) is 6.45. The lowest BCUT2D eigenvalue weighted by atomic mass is 10.1. The van der Waals surface area contributed by atoms with E-state index in [1.54, 1.807) is 0 Å². The average Bonchev–Trinajstić information content (AvgIpc) is 2.27. The van der Waals surface area contributed by atoms with Gasteiger partial charge in [-0.15, -0.1) is 0 Å². The minimum Gasteiger partial charge on any atom is -0.373 e. The summed E-state index contributed by atoms with van der Waals surface area (Å²) in [5.74, 6) is 1.29. The van der Waals surface area contributed by atoms with Gasteiger partial charge in [-0.1, -0.05) is 51.4 Å². The molecule has 0 heterocycles. The Morgan fingerprint density at radius 1 is 1.16 bits per heavy atom. The molecule has 0 bridgehead atoms. The zero-order chi connectivity index (χ0) is 14.4. The van der Waals surface area contributed by atoms with Crippen LogP contribution in [0.4, 0.5) is 5.69 Å². The van der Waals surface area contributed by atoms with Gasteiger partial charge in [0.1, 0.15) is 0 Å². The van der Waals surface area contributed by atoms with E-state index in [0.717, 1.165) is 30.3 Å². The van der Waals surface area contributed by atoms with Crippen LogP contribution in [-0.4, -0.2) is 20.1 Å². The number of benzene rings is 1. The van der Waals surface area contributed by atoms with Crippen LogP contribution in [0.15, 0.2) is 18.2 Å². The molecule has 108 valence electrons. The van der Waals surface area contributed by atoms with Crippen molar-refractivity contribution in [1.29, 1.82) is 0 Å². The number of halogens is 1. The number of para-hydroxylation sites is 1. The maximum absolute atomic E-state index is 6.38. The molecule has 0 fully saturated rings. The van der Waals surface area contributed by atoms with Crippen molar-refractivity contribution < 1.29 is 0 Å². The fraction of sp³-hybridized carbons (Fsp3) is 0.625. The highest BCUT2D eigenvalue weighted by molar-refractivity contribution is 6.33. The molecule has 1 aromatic rings. The maximum atomic E-state index is 6.38. The fourth-order valence-electron chi connectivity index (χ4n) is 2.26. The third kappa shape index (κ3) is 5.42. The highest BCUT2D eigenvalue weighted by Gasteiger charge is 2.12. The Labute approximate surface area is 123 Å². The molecule has 0 aromatic heterocycles. The summed E-state index contributed by atoms with van der Waals surface area (Å²) >= 11 is 6.38. The summed E-state index contributed by atoms with van der Waals surface area (Å²) in [4.78, 5) is 2.26. The Hall–Kier alpha value is -0.730. The van der Waals surface area contributed by atoms with Crippen molar-refractivity contribution >= 4 is 17.3 Å². The van der Waals surface area contributed by atoms with E-state index >= 15 is 0 Å². The second kappa shape index (κ2) is 7.76. The van der Waals surface area contributed by atoms with E-state index in [2.05, 4.69) is 51.0 Å². The average molecular weight is 283 g/mol. The Balaban J connectivity index is 2.82. The number of nitrogens with one attached hydrogen (secondary N) is 1. The van der Waals surface area contributed by atoms with E-state index < -0.39 is 0 Å². The van der Waals surface area contributed by atoms with E-state index in [1.165, 1.54) is 5.56 Å². The SMILES string of the molecule is CC(C)CNCc1cccc(Cl)c1N(C)CC(C)C. The van der Waals surface area contributed by atoms with Crippen LogP contribution in [0.25, 0.3) is 0 Å². The molecule has 0 aliphatic carbocycles. The van der Waals surface area contributed by atoms with Crippen molar-refractivity contribution in [2.45, 2.75) is 34.2 Å². The molecule has 0 amide bonds. The lowest BCUT2D eigenvalue weighted by Crippen LogP contribution is -2.26. The van der Waals surface area contributed by atoms with Gasteiger partial charge in [-0.25, -0.2) is 0 Å².